The lowest BCUT2D eigenvalue weighted by Crippen LogP contribution is -2.53. The Morgan fingerprint density at radius 3 is 2.60 bits per heavy atom. The minimum atomic E-state index is 0.499. The first-order valence-electron chi connectivity index (χ1n) is 7.07. The molecule has 2 atom stereocenters. The van der Waals surface area contributed by atoms with Crippen molar-refractivity contribution >= 4 is 0 Å². The molecule has 1 N–H and O–H groups in total. The summed E-state index contributed by atoms with van der Waals surface area (Å²) in [6, 6.07) is 10.9. The van der Waals surface area contributed by atoms with Gasteiger partial charge in [0.1, 0.15) is 0 Å². The first kappa shape index (κ1) is 13.3. The van der Waals surface area contributed by atoms with Crippen LogP contribution in [0.4, 0.5) is 0 Å². The highest BCUT2D eigenvalue weighted by Gasteiger charge is 2.22. The van der Waals surface area contributed by atoms with E-state index in [1.165, 1.54) is 0 Å². The Balaban J connectivity index is 1.68. The van der Waals surface area contributed by atoms with Crippen LogP contribution in [0.15, 0.2) is 34.9 Å². The van der Waals surface area contributed by atoms with Crippen LogP contribution in [-0.4, -0.2) is 40.2 Å². The molecule has 1 aromatic carbocycles. The highest BCUT2D eigenvalue weighted by molar-refractivity contribution is 5.51. The fourth-order valence-electron chi connectivity index (χ4n) is 2.79. The average Bonchev–Trinajstić information content (AvgIpc) is 2.87. The summed E-state index contributed by atoms with van der Waals surface area (Å²) in [7, 11) is 0. The molecule has 3 rings (SSSR count). The van der Waals surface area contributed by atoms with Gasteiger partial charge in [-0.25, -0.2) is 0 Å². The second kappa shape index (κ2) is 5.73. The van der Waals surface area contributed by atoms with Crippen molar-refractivity contribution < 1.29 is 4.52 Å². The highest BCUT2D eigenvalue weighted by atomic mass is 16.5. The van der Waals surface area contributed by atoms with E-state index in [9.17, 15) is 0 Å². The highest BCUT2D eigenvalue weighted by Crippen LogP contribution is 2.17. The van der Waals surface area contributed by atoms with E-state index in [4.69, 9.17) is 4.52 Å². The maximum absolute atomic E-state index is 5.34. The molecule has 5 heteroatoms. The summed E-state index contributed by atoms with van der Waals surface area (Å²) in [4.78, 5) is 6.85. The number of hydrogen-bond acceptors (Lipinski definition) is 5. The third kappa shape index (κ3) is 3.05. The molecule has 20 heavy (non-hydrogen) atoms. The summed E-state index contributed by atoms with van der Waals surface area (Å²) < 4.78 is 5.34. The van der Waals surface area contributed by atoms with Crippen molar-refractivity contribution in [1.82, 2.24) is 20.4 Å². The van der Waals surface area contributed by atoms with Gasteiger partial charge in [-0.2, -0.15) is 4.98 Å². The molecule has 5 nitrogen and oxygen atoms in total. The normalized spacial score (nSPS) is 23.9. The van der Waals surface area contributed by atoms with Crippen LogP contribution in [0.5, 0.6) is 0 Å². The first-order chi connectivity index (χ1) is 9.70. The molecule has 0 amide bonds. The molecular weight excluding hydrogens is 252 g/mol. The van der Waals surface area contributed by atoms with Crippen molar-refractivity contribution in [1.29, 1.82) is 0 Å². The molecule has 1 fully saturated rings. The average molecular weight is 272 g/mol. The van der Waals surface area contributed by atoms with E-state index in [1.807, 2.05) is 30.3 Å². The molecule has 0 spiro atoms. The standard InChI is InChI=1S/C15H20N4O/c1-11-8-19(9-12(2)16-11)10-14-17-15(20-18-14)13-6-4-3-5-7-13/h3-7,11-12,16H,8-10H2,1-2H3. The predicted molar refractivity (Wildman–Crippen MR) is 77.1 cm³/mol. The van der Waals surface area contributed by atoms with Gasteiger partial charge < -0.3 is 9.84 Å². The second-order valence-corrected chi connectivity index (χ2v) is 5.54. The van der Waals surface area contributed by atoms with Gasteiger partial charge in [-0.3, -0.25) is 4.90 Å². The number of benzene rings is 1. The lowest BCUT2D eigenvalue weighted by atomic mass is 10.1. The third-order valence-corrected chi connectivity index (χ3v) is 3.49. The zero-order valence-electron chi connectivity index (χ0n) is 11.9. The Kier molecular flexibility index (Phi) is 3.80. The molecule has 0 bridgehead atoms. The molecular formula is C15H20N4O. The summed E-state index contributed by atoms with van der Waals surface area (Å²) in [5, 5.41) is 7.61. The van der Waals surface area contributed by atoms with Crippen molar-refractivity contribution in [2.24, 2.45) is 0 Å². The van der Waals surface area contributed by atoms with Crippen LogP contribution in [0.25, 0.3) is 11.5 Å². The van der Waals surface area contributed by atoms with E-state index in [0.717, 1.165) is 31.0 Å². The predicted octanol–water partition coefficient (Wildman–Crippen LogP) is 1.92. The van der Waals surface area contributed by atoms with Gasteiger partial charge in [-0.1, -0.05) is 23.4 Å². The zero-order chi connectivity index (χ0) is 13.9. The SMILES string of the molecule is CC1CN(Cc2noc(-c3ccccc3)n2)CC(C)N1. The number of nitrogens with zero attached hydrogens (tertiary/aromatic N) is 3. The minimum absolute atomic E-state index is 0.499. The number of rotatable bonds is 3. The van der Waals surface area contributed by atoms with E-state index in [0.29, 0.717) is 18.0 Å². The molecule has 2 aromatic rings. The maximum Gasteiger partial charge on any atom is 0.257 e. The van der Waals surface area contributed by atoms with Crippen LogP contribution in [0.1, 0.15) is 19.7 Å². The van der Waals surface area contributed by atoms with Gasteiger partial charge in [-0.05, 0) is 26.0 Å². The molecule has 0 saturated carbocycles. The lowest BCUT2D eigenvalue weighted by Gasteiger charge is -2.35. The smallest absolute Gasteiger partial charge is 0.257 e. The zero-order valence-corrected chi connectivity index (χ0v) is 11.9. The van der Waals surface area contributed by atoms with E-state index < -0.39 is 0 Å². The Morgan fingerprint density at radius 2 is 1.90 bits per heavy atom. The van der Waals surface area contributed by atoms with Crippen molar-refractivity contribution in [3.05, 3.63) is 36.2 Å². The van der Waals surface area contributed by atoms with E-state index in [2.05, 4.69) is 34.2 Å². The topological polar surface area (TPSA) is 54.2 Å². The van der Waals surface area contributed by atoms with Crippen LogP contribution >= 0.6 is 0 Å². The van der Waals surface area contributed by atoms with Crippen molar-refractivity contribution in [2.75, 3.05) is 13.1 Å². The van der Waals surface area contributed by atoms with E-state index >= 15 is 0 Å². The largest absolute Gasteiger partial charge is 0.334 e. The molecule has 2 heterocycles. The summed E-state index contributed by atoms with van der Waals surface area (Å²) >= 11 is 0. The summed E-state index contributed by atoms with van der Waals surface area (Å²) in [5.74, 6) is 1.35. The fourth-order valence-corrected chi connectivity index (χ4v) is 2.79. The second-order valence-electron chi connectivity index (χ2n) is 5.54. The Labute approximate surface area is 119 Å². The summed E-state index contributed by atoms with van der Waals surface area (Å²) in [6.07, 6.45) is 0. The molecule has 1 saturated heterocycles. The van der Waals surface area contributed by atoms with Gasteiger partial charge in [-0.15, -0.1) is 0 Å². The number of piperazine rings is 1. The molecule has 1 aromatic heterocycles. The molecule has 1 aliphatic heterocycles. The minimum Gasteiger partial charge on any atom is -0.334 e. The summed E-state index contributed by atoms with van der Waals surface area (Å²) in [6.45, 7) is 7.17. The van der Waals surface area contributed by atoms with Gasteiger partial charge in [0, 0.05) is 30.7 Å². The van der Waals surface area contributed by atoms with Crippen molar-refractivity contribution in [3.63, 3.8) is 0 Å². The number of nitrogens with one attached hydrogen (secondary N) is 1. The van der Waals surface area contributed by atoms with Crippen molar-refractivity contribution in [3.8, 4) is 11.5 Å². The first-order valence-corrected chi connectivity index (χ1v) is 7.07. The Morgan fingerprint density at radius 1 is 1.20 bits per heavy atom. The maximum atomic E-state index is 5.34. The van der Waals surface area contributed by atoms with Crippen LogP contribution in [-0.2, 0) is 6.54 Å². The molecule has 106 valence electrons. The molecule has 2 unspecified atom stereocenters. The van der Waals surface area contributed by atoms with Crippen LogP contribution in [0.2, 0.25) is 0 Å². The number of hydrogen-bond donors (Lipinski definition) is 1. The van der Waals surface area contributed by atoms with Crippen LogP contribution in [0.3, 0.4) is 0 Å². The quantitative estimate of drug-likeness (QED) is 0.925. The third-order valence-electron chi connectivity index (χ3n) is 3.49. The van der Waals surface area contributed by atoms with E-state index in [1.54, 1.807) is 0 Å². The van der Waals surface area contributed by atoms with Crippen molar-refractivity contribution in [2.45, 2.75) is 32.5 Å². The van der Waals surface area contributed by atoms with E-state index in [-0.39, 0.29) is 0 Å². The van der Waals surface area contributed by atoms with Crippen LogP contribution in [0, 0.1) is 0 Å². The monoisotopic (exact) mass is 272 g/mol. The fraction of sp³-hybridized carbons (Fsp3) is 0.467. The molecule has 1 aliphatic rings. The lowest BCUT2D eigenvalue weighted by molar-refractivity contribution is 0.161. The summed E-state index contributed by atoms with van der Waals surface area (Å²) in [5.41, 5.74) is 0.966. The van der Waals surface area contributed by atoms with Gasteiger partial charge in [0.25, 0.3) is 5.89 Å². The number of aromatic nitrogens is 2. The Bertz CT molecular complexity index is 544. The van der Waals surface area contributed by atoms with Gasteiger partial charge in [0.2, 0.25) is 0 Å². The molecule has 0 radical (unpaired) electrons. The van der Waals surface area contributed by atoms with Gasteiger partial charge in [0.05, 0.1) is 6.54 Å². The van der Waals surface area contributed by atoms with Crippen LogP contribution < -0.4 is 5.32 Å². The molecule has 0 aliphatic carbocycles. The van der Waals surface area contributed by atoms with Gasteiger partial charge >= 0.3 is 0 Å². The van der Waals surface area contributed by atoms with Gasteiger partial charge in [0.15, 0.2) is 5.82 Å². The Hall–Kier alpha value is -1.72.